The van der Waals surface area contributed by atoms with Crippen LogP contribution >= 0.6 is 0 Å². The van der Waals surface area contributed by atoms with Gasteiger partial charge in [0.1, 0.15) is 0 Å². The van der Waals surface area contributed by atoms with Crippen LogP contribution in [0.5, 0.6) is 0 Å². The second-order valence-electron chi connectivity index (χ2n) is 3.10. The number of nitrogens with zero attached hydrogens (tertiary/aromatic N) is 1. The van der Waals surface area contributed by atoms with E-state index in [1.807, 2.05) is 32.6 Å². The van der Waals surface area contributed by atoms with Gasteiger partial charge in [0.25, 0.3) is 0 Å². The fraction of sp³-hybridized carbons (Fsp3) is 0.889. The van der Waals surface area contributed by atoms with Crippen molar-refractivity contribution in [3.63, 3.8) is 0 Å². The molecular weight excluding hydrogens is 152 g/mol. The standard InChI is InChI=1S/C9H20N2O/c1-5-11(6-2)9(12)7-10-8(3)4/h8,10H,5-7H2,1-4H3. The molecule has 3 heteroatoms. The molecule has 0 aliphatic carbocycles. The first-order valence-electron chi connectivity index (χ1n) is 4.62. The Morgan fingerprint density at radius 3 is 2.17 bits per heavy atom. The smallest absolute Gasteiger partial charge is 0.236 e. The van der Waals surface area contributed by atoms with Crippen molar-refractivity contribution in [2.24, 2.45) is 0 Å². The predicted molar refractivity (Wildman–Crippen MR) is 51.1 cm³/mol. The molecule has 0 radical (unpaired) electrons. The molecule has 0 aromatic heterocycles. The van der Waals surface area contributed by atoms with Gasteiger partial charge < -0.3 is 10.2 Å². The summed E-state index contributed by atoms with van der Waals surface area (Å²) in [6.07, 6.45) is 0. The van der Waals surface area contributed by atoms with Crippen molar-refractivity contribution in [3.8, 4) is 0 Å². The van der Waals surface area contributed by atoms with Crippen LogP contribution in [0.1, 0.15) is 27.7 Å². The van der Waals surface area contributed by atoms with E-state index in [-0.39, 0.29) is 5.91 Å². The SMILES string of the molecule is CCN(CC)C(=O)CNC(C)C. The Balaban J connectivity index is 3.69. The first-order chi connectivity index (χ1) is 5.61. The van der Waals surface area contributed by atoms with Crippen LogP contribution in [0.2, 0.25) is 0 Å². The zero-order valence-corrected chi connectivity index (χ0v) is 8.55. The van der Waals surface area contributed by atoms with Gasteiger partial charge >= 0.3 is 0 Å². The molecule has 0 aliphatic heterocycles. The highest BCUT2D eigenvalue weighted by atomic mass is 16.2. The maximum atomic E-state index is 11.4. The Bertz CT molecular complexity index is 130. The molecule has 0 saturated heterocycles. The van der Waals surface area contributed by atoms with E-state index in [2.05, 4.69) is 5.32 Å². The van der Waals surface area contributed by atoms with Crippen LogP contribution in [-0.4, -0.2) is 36.5 Å². The van der Waals surface area contributed by atoms with Crippen molar-refractivity contribution in [3.05, 3.63) is 0 Å². The molecule has 1 N–H and O–H groups in total. The summed E-state index contributed by atoms with van der Waals surface area (Å²) in [4.78, 5) is 13.2. The number of hydrogen-bond acceptors (Lipinski definition) is 2. The molecule has 0 atom stereocenters. The topological polar surface area (TPSA) is 32.3 Å². The van der Waals surface area contributed by atoms with Crippen LogP contribution in [0.25, 0.3) is 0 Å². The molecule has 0 spiro atoms. The van der Waals surface area contributed by atoms with Gasteiger partial charge in [-0.2, -0.15) is 0 Å². The quantitative estimate of drug-likeness (QED) is 0.667. The molecule has 3 nitrogen and oxygen atoms in total. The molecule has 0 aromatic carbocycles. The third-order valence-corrected chi connectivity index (χ3v) is 1.78. The Kier molecular flexibility index (Phi) is 5.72. The van der Waals surface area contributed by atoms with Crippen molar-refractivity contribution in [2.45, 2.75) is 33.7 Å². The lowest BCUT2D eigenvalue weighted by Gasteiger charge is -2.19. The fourth-order valence-corrected chi connectivity index (χ4v) is 0.980. The Labute approximate surface area is 75.1 Å². The van der Waals surface area contributed by atoms with Gasteiger partial charge in [-0.3, -0.25) is 4.79 Å². The van der Waals surface area contributed by atoms with Crippen LogP contribution in [0.4, 0.5) is 0 Å². The molecule has 0 heterocycles. The highest BCUT2D eigenvalue weighted by Gasteiger charge is 2.08. The third kappa shape index (κ3) is 4.34. The van der Waals surface area contributed by atoms with Crippen molar-refractivity contribution >= 4 is 5.91 Å². The van der Waals surface area contributed by atoms with Gasteiger partial charge in [-0.1, -0.05) is 13.8 Å². The van der Waals surface area contributed by atoms with Crippen molar-refractivity contribution in [2.75, 3.05) is 19.6 Å². The van der Waals surface area contributed by atoms with E-state index < -0.39 is 0 Å². The normalized spacial score (nSPS) is 10.4. The third-order valence-electron chi connectivity index (χ3n) is 1.78. The van der Waals surface area contributed by atoms with Crippen LogP contribution in [0.15, 0.2) is 0 Å². The highest BCUT2D eigenvalue weighted by Crippen LogP contribution is 1.87. The predicted octanol–water partition coefficient (Wildman–Crippen LogP) is 0.853. The molecule has 0 aliphatic rings. The highest BCUT2D eigenvalue weighted by molar-refractivity contribution is 5.78. The molecular formula is C9H20N2O. The van der Waals surface area contributed by atoms with Crippen molar-refractivity contribution in [1.82, 2.24) is 10.2 Å². The average molecular weight is 172 g/mol. The number of nitrogens with one attached hydrogen (secondary N) is 1. The summed E-state index contributed by atoms with van der Waals surface area (Å²) >= 11 is 0. The fourth-order valence-electron chi connectivity index (χ4n) is 0.980. The largest absolute Gasteiger partial charge is 0.342 e. The number of amides is 1. The van der Waals surface area contributed by atoms with E-state index in [0.717, 1.165) is 13.1 Å². The van der Waals surface area contributed by atoms with Gasteiger partial charge in [0.05, 0.1) is 6.54 Å². The second kappa shape index (κ2) is 6.00. The zero-order chi connectivity index (χ0) is 9.56. The summed E-state index contributed by atoms with van der Waals surface area (Å²) in [5.74, 6) is 0.189. The molecule has 0 unspecified atom stereocenters. The summed E-state index contributed by atoms with van der Waals surface area (Å²) in [5.41, 5.74) is 0. The minimum Gasteiger partial charge on any atom is -0.342 e. The molecule has 1 amide bonds. The van der Waals surface area contributed by atoms with Crippen LogP contribution < -0.4 is 5.32 Å². The summed E-state index contributed by atoms with van der Waals surface area (Å²) in [6, 6.07) is 0.379. The van der Waals surface area contributed by atoms with Crippen molar-refractivity contribution < 1.29 is 4.79 Å². The molecule has 12 heavy (non-hydrogen) atoms. The number of likely N-dealkylation sites (N-methyl/N-ethyl adjacent to an activating group) is 1. The summed E-state index contributed by atoms with van der Waals surface area (Å²) < 4.78 is 0. The van der Waals surface area contributed by atoms with Crippen molar-refractivity contribution in [1.29, 1.82) is 0 Å². The first-order valence-corrected chi connectivity index (χ1v) is 4.62. The number of rotatable bonds is 5. The summed E-state index contributed by atoms with van der Waals surface area (Å²) in [7, 11) is 0. The first kappa shape index (κ1) is 11.4. The van der Waals surface area contributed by atoms with E-state index in [4.69, 9.17) is 0 Å². The van der Waals surface area contributed by atoms with Crippen LogP contribution in [0, 0.1) is 0 Å². The summed E-state index contributed by atoms with van der Waals surface area (Å²) in [5, 5.41) is 3.10. The van der Waals surface area contributed by atoms with Gasteiger partial charge in [-0.05, 0) is 13.8 Å². The zero-order valence-electron chi connectivity index (χ0n) is 8.55. The lowest BCUT2D eigenvalue weighted by molar-refractivity contribution is -0.129. The Morgan fingerprint density at radius 1 is 1.33 bits per heavy atom. The number of hydrogen-bond donors (Lipinski definition) is 1. The van der Waals surface area contributed by atoms with Gasteiger partial charge in [0.2, 0.25) is 5.91 Å². The van der Waals surface area contributed by atoms with Crippen LogP contribution in [-0.2, 0) is 4.79 Å². The van der Waals surface area contributed by atoms with E-state index in [9.17, 15) is 4.79 Å². The summed E-state index contributed by atoms with van der Waals surface area (Å²) in [6.45, 7) is 10.1. The lowest BCUT2D eigenvalue weighted by Crippen LogP contribution is -2.39. The number of carbonyl (C=O) groups is 1. The Hall–Kier alpha value is -0.570. The molecule has 0 bridgehead atoms. The minimum absolute atomic E-state index is 0.189. The van der Waals surface area contributed by atoms with E-state index >= 15 is 0 Å². The monoisotopic (exact) mass is 172 g/mol. The molecule has 0 aromatic rings. The molecule has 0 saturated carbocycles. The molecule has 72 valence electrons. The van der Waals surface area contributed by atoms with E-state index in [1.54, 1.807) is 0 Å². The average Bonchev–Trinajstić information content (AvgIpc) is 2.03. The minimum atomic E-state index is 0.189. The maximum Gasteiger partial charge on any atom is 0.236 e. The van der Waals surface area contributed by atoms with E-state index in [0.29, 0.717) is 12.6 Å². The van der Waals surface area contributed by atoms with Gasteiger partial charge in [-0.25, -0.2) is 0 Å². The van der Waals surface area contributed by atoms with E-state index in [1.165, 1.54) is 0 Å². The van der Waals surface area contributed by atoms with Crippen LogP contribution in [0.3, 0.4) is 0 Å². The lowest BCUT2D eigenvalue weighted by atomic mass is 10.3. The maximum absolute atomic E-state index is 11.4. The second-order valence-corrected chi connectivity index (χ2v) is 3.10. The van der Waals surface area contributed by atoms with Gasteiger partial charge in [0, 0.05) is 19.1 Å². The Morgan fingerprint density at radius 2 is 1.83 bits per heavy atom. The molecule has 0 fully saturated rings. The van der Waals surface area contributed by atoms with Gasteiger partial charge in [0.15, 0.2) is 0 Å². The van der Waals surface area contributed by atoms with Gasteiger partial charge in [-0.15, -0.1) is 0 Å². The molecule has 0 rings (SSSR count). The number of carbonyl (C=O) groups excluding carboxylic acids is 1.